The van der Waals surface area contributed by atoms with Crippen molar-refractivity contribution in [3.05, 3.63) is 65.5 Å². The van der Waals surface area contributed by atoms with E-state index in [4.69, 9.17) is 10.2 Å². The molecule has 0 aliphatic heterocycles. The smallest absolute Gasteiger partial charge is 0.217 e. The lowest BCUT2D eigenvalue weighted by molar-refractivity contribution is 0.505. The van der Waals surface area contributed by atoms with Crippen molar-refractivity contribution >= 4 is 11.1 Å². The first-order chi connectivity index (χ1) is 8.75. The zero-order valence-electron chi connectivity index (χ0n) is 10.1. The molecule has 0 aliphatic rings. The fraction of sp³-hybridized carbons (Fsp3) is 0.133. The summed E-state index contributed by atoms with van der Waals surface area (Å²) in [5.74, 6) is 0.561. The van der Waals surface area contributed by atoms with Crippen LogP contribution in [0.1, 0.15) is 23.1 Å². The number of benzene rings is 2. The molecule has 0 amide bonds. The van der Waals surface area contributed by atoms with Crippen LogP contribution in [0, 0.1) is 6.92 Å². The molecule has 0 saturated carbocycles. The van der Waals surface area contributed by atoms with Gasteiger partial charge >= 0.3 is 0 Å². The summed E-state index contributed by atoms with van der Waals surface area (Å²) in [7, 11) is 0. The third-order valence-electron chi connectivity index (χ3n) is 3.06. The van der Waals surface area contributed by atoms with E-state index in [1.807, 2.05) is 55.5 Å². The van der Waals surface area contributed by atoms with Crippen molar-refractivity contribution in [2.45, 2.75) is 13.0 Å². The van der Waals surface area contributed by atoms with E-state index in [9.17, 15) is 0 Å². The summed E-state index contributed by atoms with van der Waals surface area (Å²) in [6, 6.07) is 15.4. The Morgan fingerprint density at radius 3 is 2.56 bits per heavy atom. The molecule has 0 radical (unpaired) electrons. The highest BCUT2D eigenvalue weighted by molar-refractivity contribution is 5.76. The van der Waals surface area contributed by atoms with Gasteiger partial charge in [0.15, 0.2) is 5.58 Å². The van der Waals surface area contributed by atoms with Gasteiger partial charge in [0.05, 0.1) is 0 Å². The van der Waals surface area contributed by atoms with Gasteiger partial charge in [0.1, 0.15) is 11.6 Å². The van der Waals surface area contributed by atoms with E-state index >= 15 is 0 Å². The van der Waals surface area contributed by atoms with Crippen LogP contribution < -0.4 is 5.73 Å². The van der Waals surface area contributed by atoms with Crippen LogP contribution in [0.2, 0.25) is 0 Å². The maximum Gasteiger partial charge on any atom is 0.217 e. The average molecular weight is 238 g/mol. The monoisotopic (exact) mass is 238 g/mol. The number of oxazole rings is 1. The third kappa shape index (κ3) is 1.79. The Morgan fingerprint density at radius 2 is 1.83 bits per heavy atom. The summed E-state index contributed by atoms with van der Waals surface area (Å²) < 4.78 is 5.73. The molecule has 1 atom stereocenters. The van der Waals surface area contributed by atoms with Gasteiger partial charge in [-0.2, -0.15) is 0 Å². The maximum absolute atomic E-state index is 6.17. The lowest BCUT2D eigenvalue weighted by Crippen LogP contribution is -2.11. The summed E-state index contributed by atoms with van der Waals surface area (Å²) in [6.07, 6.45) is 0. The zero-order chi connectivity index (χ0) is 12.5. The van der Waals surface area contributed by atoms with Gasteiger partial charge in [0, 0.05) is 0 Å². The lowest BCUT2D eigenvalue weighted by Gasteiger charge is -2.06. The molecule has 0 aliphatic carbocycles. The number of para-hydroxylation sites is 1. The molecule has 2 N–H and O–H groups in total. The van der Waals surface area contributed by atoms with Gasteiger partial charge < -0.3 is 10.2 Å². The average Bonchev–Trinajstić information content (AvgIpc) is 2.84. The largest absolute Gasteiger partial charge is 0.439 e. The number of rotatable bonds is 2. The van der Waals surface area contributed by atoms with E-state index in [0.717, 1.165) is 22.2 Å². The molecule has 3 rings (SSSR count). The first-order valence-corrected chi connectivity index (χ1v) is 5.92. The van der Waals surface area contributed by atoms with E-state index < -0.39 is 0 Å². The van der Waals surface area contributed by atoms with Gasteiger partial charge in [-0.3, -0.25) is 0 Å². The summed E-state index contributed by atoms with van der Waals surface area (Å²) in [6.45, 7) is 2.02. The molecule has 2 aromatic carbocycles. The van der Waals surface area contributed by atoms with Crippen molar-refractivity contribution < 1.29 is 4.42 Å². The van der Waals surface area contributed by atoms with E-state index in [-0.39, 0.29) is 6.04 Å². The second kappa shape index (κ2) is 4.27. The van der Waals surface area contributed by atoms with E-state index in [2.05, 4.69) is 4.98 Å². The van der Waals surface area contributed by atoms with Crippen LogP contribution in [0.4, 0.5) is 0 Å². The van der Waals surface area contributed by atoms with Crippen LogP contribution in [0.3, 0.4) is 0 Å². The number of aryl methyl sites for hydroxylation is 1. The molecule has 0 fully saturated rings. The quantitative estimate of drug-likeness (QED) is 0.746. The van der Waals surface area contributed by atoms with Crippen LogP contribution in [-0.2, 0) is 0 Å². The van der Waals surface area contributed by atoms with Gasteiger partial charge in [-0.15, -0.1) is 0 Å². The van der Waals surface area contributed by atoms with E-state index in [1.165, 1.54) is 0 Å². The predicted octanol–water partition coefficient (Wildman–Crippen LogP) is 3.18. The van der Waals surface area contributed by atoms with Crippen LogP contribution in [0.25, 0.3) is 11.1 Å². The molecule has 90 valence electrons. The van der Waals surface area contributed by atoms with Gasteiger partial charge in [-0.05, 0) is 24.1 Å². The van der Waals surface area contributed by atoms with E-state index in [1.54, 1.807) is 0 Å². The van der Waals surface area contributed by atoms with Crippen LogP contribution >= 0.6 is 0 Å². The van der Waals surface area contributed by atoms with Gasteiger partial charge in [-0.25, -0.2) is 4.98 Å². The number of hydrogen-bond acceptors (Lipinski definition) is 3. The molecule has 0 bridgehead atoms. The Bertz CT molecular complexity index is 673. The number of aromatic nitrogens is 1. The minimum Gasteiger partial charge on any atom is -0.439 e. The fourth-order valence-corrected chi connectivity index (χ4v) is 2.04. The molecule has 3 heteroatoms. The lowest BCUT2D eigenvalue weighted by atomic mass is 10.1. The van der Waals surface area contributed by atoms with Crippen molar-refractivity contribution in [1.29, 1.82) is 0 Å². The highest BCUT2D eigenvalue weighted by atomic mass is 16.3. The Morgan fingerprint density at radius 1 is 1.06 bits per heavy atom. The van der Waals surface area contributed by atoms with Crippen molar-refractivity contribution in [3.63, 3.8) is 0 Å². The van der Waals surface area contributed by atoms with Crippen LogP contribution in [0.5, 0.6) is 0 Å². The van der Waals surface area contributed by atoms with Crippen molar-refractivity contribution in [3.8, 4) is 0 Å². The summed E-state index contributed by atoms with van der Waals surface area (Å²) in [4.78, 5) is 4.50. The molecular weight excluding hydrogens is 224 g/mol. The zero-order valence-corrected chi connectivity index (χ0v) is 10.1. The third-order valence-corrected chi connectivity index (χ3v) is 3.06. The standard InChI is InChI=1S/C15H14N2O/c1-10-6-5-9-12-14(10)17-15(18-12)13(16)11-7-3-2-4-8-11/h2-9,13H,16H2,1H3. The van der Waals surface area contributed by atoms with Gasteiger partial charge in [0.25, 0.3) is 0 Å². The number of hydrogen-bond donors (Lipinski definition) is 1. The SMILES string of the molecule is Cc1cccc2oc(C(N)c3ccccc3)nc12. The Kier molecular flexibility index (Phi) is 2.61. The van der Waals surface area contributed by atoms with E-state index in [0.29, 0.717) is 5.89 Å². The highest BCUT2D eigenvalue weighted by Gasteiger charge is 2.16. The molecule has 3 nitrogen and oxygen atoms in total. The topological polar surface area (TPSA) is 52.0 Å². The van der Waals surface area contributed by atoms with Crippen LogP contribution in [-0.4, -0.2) is 4.98 Å². The molecule has 18 heavy (non-hydrogen) atoms. The Balaban J connectivity index is 2.07. The highest BCUT2D eigenvalue weighted by Crippen LogP contribution is 2.24. The first-order valence-electron chi connectivity index (χ1n) is 5.92. The second-order valence-corrected chi connectivity index (χ2v) is 4.36. The van der Waals surface area contributed by atoms with Crippen molar-refractivity contribution in [2.75, 3.05) is 0 Å². The number of nitrogens with two attached hydrogens (primary N) is 1. The van der Waals surface area contributed by atoms with Crippen molar-refractivity contribution in [1.82, 2.24) is 4.98 Å². The molecule has 0 spiro atoms. The number of fused-ring (bicyclic) bond motifs is 1. The fourth-order valence-electron chi connectivity index (χ4n) is 2.04. The Labute approximate surface area is 105 Å². The minimum atomic E-state index is -0.321. The predicted molar refractivity (Wildman–Crippen MR) is 71.2 cm³/mol. The molecule has 1 unspecified atom stereocenters. The minimum absolute atomic E-state index is 0.321. The summed E-state index contributed by atoms with van der Waals surface area (Å²) in [5, 5.41) is 0. The summed E-state index contributed by atoms with van der Waals surface area (Å²) in [5.41, 5.74) is 9.95. The molecule has 1 aromatic heterocycles. The first kappa shape index (κ1) is 11.0. The summed E-state index contributed by atoms with van der Waals surface area (Å²) >= 11 is 0. The number of nitrogens with zero attached hydrogens (tertiary/aromatic N) is 1. The van der Waals surface area contributed by atoms with Gasteiger partial charge in [-0.1, -0.05) is 42.5 Å². The second-order valence-electron chi connectivity index (χ2n) is 4.36. The normalized spacial score (nSPS) is 12.8. The molecule has 0 saturated heterocycles. The maximum atomic E-state index is 6.17. The molecule has 3 aromatic rings. The van der Waals surface area contributed by atoms with Gasteiger partial charge in [0.2, 0.25) is 5.89 Å². The van der Waals surface area contributed by atoms with Crippen LogP contribution in [0.15, 0.2) is 52.9 Å². The molecular formula is C15H14N2O. The van der Waals surface area contributed by atoms with Crippen molar-refractivity contribution in [2.24, 2.45) is 5.73 Å². The molecule has 1 heterocycles. The Hall–Kier alpha value is -2.13.